The molecule has 0 spiro atoms. The summed E-state index contributed by atoms with van der Waals surface area (Å²) in [6.07, 6.45) is 0. The van der Waals surface area contributed by atoms with Crippen LogP contribution < -0.4 is 4.72 Å². The number of ether oxygens (including phenoxy) is 1. The molecular weight excluding hydrogens is 376 g/mol. The molecule has 0 bridgehead atoms. The maximum absolute atomic E-state index is 12.6. The van der Waals surface area contributed by atoms with Crippen molar-refractivity contribution >= 4 is 33.2 Å². The van der Waals surface area contributed by atoms with Gasteiger partial charge in [0.2, 0.25) is 0 Å². The Morgan fingerprint density at radius 2 is 1.96 bits per heavy atom. The van der Waals surface area contributed by atoms with E-state index in [1.54, 1.807) is 41.3 Å². The van der Waals surface area contributed by atoms with Crippen molar-refractivity contribution in [1.29, 1.82) is 0 Å². The number of hydrogen-bond acceptors (Lipinski definition) is 4. The standard InChI is InChI=1S/C18H19ClN2O4S/c1-13-12-25-10-9-21(13)18(22)14-5-7-16(8-6-14)20-26(23,24)17-4-2-3-15(19)11-17/h2-8,11,13,20H,9-10,12H2,1H3. The third-order valence-electron chi connectivity index (χ3n) is 4.12. The lowest BCUT2D eigenvalue weighted by Gasteiger charge is -2.33. The lowest BCUT2D eigenvalue weighted by Crippen LogP contribution is -2.47. The highest BCUT2D eigenvalue weighted by Gasteiger charge is 2.24. The summed E-state index contributed by atoms with van der Waals surface area (Å²) in [5, 5.41) is 0.341. The number of carbonyl (C=O) groups is 1. The number of anilines is 1. The van der Waals surface area contributed by atoms with E-state index < -0.39 is 10.0 Å². The highest BCUT2D eigenvalue weighted by atomic mass is 35.5. The molecule has 6 nitrogen and oxygen atoms in total. The second kappa shape index (κ2) is 7.65. The van der Waals surface area contributed by atoms with Gasteiger partial charge in [-0.05, 0) is 49.4 Å². The first kappa shape index (κ1) is 18.7. The molecule has 1 unspecified atom stereocenters. The molecule has 8 heteroatoms. The number of hydrogen-bond donors (Lipinski definition) is 1. The van der Waals surface area contributed by atoms with Gasteiger partial charge < -0.3 is 9.64 Å². The van der Waals surface area contributed by atoms with Crippen molar-refractivity contribution in [3.63, 3.8) is 0 Å². The minimum atomic E-state index is -3.74. The summed E-state index contributed by atoms with van der Waals surface area (Å²) in [6, 6.07) is 12.4. The molecule has 0 aliphatic carbocycles. The summed E-state index contributed by atoms with van der Waals surface area (Å²) in [5.41, 5.74) is 0.876. The van der Waals surface area contributed by atoms with Gasteiger partial charge in [0, 0.05) is 22.8 Å². The normalized spacial score (nSPS) is 17.8. The van der Waals surface area contributed by atoms with Crippen molar-refractivity contribution in [2.45, 2.75) is 17.9 Å². The van der Waals surface area contributed by atoms with E-state index in [1.165, 1.54) is 12.1 Å². The van der Waals surface area contributed by atoms with Crippen LogP contribution in [0.3, 0.4) is 0 Å². The topological polar surface area (TPSA) is 75.7 Å². The van der Waals surface area contributed by atoms with Gasteiger partial charge in [0.15, 0.2) is 0 Å². The van der Waals surface area contributed by atoms with Gasteiger partial charge in [-0.1, -0.05) is 17.7 Å². The molecule has 1 fully saturated rings. The first-order valence-corrected chi connectivity index (χ1v) is 10.00. The van der Waals surface area contributed by atoms with Crippen LogP contribution in [0.2, 0.25) is 5.02 Å². The van der Waals surface area contributed by atoms with E-state index in [2.05, 4.69) is 4.72 Å². The Morgan fingerprint density at radius 1 is 1.23 bits per heavy atom. The SMILES string of the molecule is CC1COCCN1C(=O)c1ccc(NS(=O)(=O)c2cccc(Cl)c2)cc1. The van der Waals surface area contributed by atoms with E-state index in [9.17, 15) is 13.2 Å². The first-order chi connectivity index (χ1) is 12.4. The Bertz CT molecular complexity index is 900. The lowest BCUT2D eigenvalue weighted by molar-refractivity contribution is 0.00359. The third-order valence-corrected chi connectivity index (χ3v) is 5.73. The number of benzene rings is 2. The van der Waals surface area contributed by atoms with Gasteiger partial charge in [0.25, 0.3) is 15.9 Å². The average molecular weight is 395 g/mol. The first-order valence-electron chi connectivity index (χ1n) is 8.14. The van der Waals surface area contributed by atoms with Gasteiger partial charge in [0.1, 0.15) is 0 Å². The molecule has 1 atom stereocenters. The molecule has 0 radical (unpaired) electrons. The van der Waals surface area contributed by atoms with Gasteiger partial charge in [-0.25, -0.2) is 8.42 Å². The van der Waals surface area contributed by atoms with E-state index in [-0.39, 0.29) is 16.8 Å². The summed E-state index contributed by atoms with van der Waals surface area (Å²) >= 11 is 5.85. The van der Waals surface area contributed by atoms with Crippen molar-refractivity contribution in [3.8, 4) is 0 Å². The predicted molar refractivity (Wildman–Crippen MR) is 100 cm³/mol. The van der Waals surface area contributed by atoms with Crippen molar-refractivity contribution in [1.82, 2.24) is 4.90 Å². The van der Waals surface area contributed by atoms with Crippen LogP contribution in [0, 0.1) is 0 Å². The Morgan fingerprint density at radius 3 is 2.62 bits per heavy atom. The van der Waals surface area contributed by atoms with Crippen LogP contribution in [0.4, 0.5) is 5.69 Å². The highest BCUT2D eigenvalue weighted by Crippen LogP contribution is 2.20. The number of nitrogens with zero attached hydrogens (tertiary/aromatic N) is 1. The largest absolute Gasteiger partial charge is 0.377 e. The second-order valence-electron chi connectivity index (χ2n) is 6.06. The monoisotopic (exact) mass is 394 g/mol. The quantitative estimate of drug-likeness (QED) is 0.864. The maximum Gasteiger partial charge on any atom is 0.261 e. The number of sulfonamides is 1. The van der Waals surface area contributed by atoms with Crippen LogP contribution in [-0.4, -0.2) is 45.0 Å². The maximum atomic E-state index is 12.6. The molecule has 0 saturated carbocycles. The highest BCUT2D eigenvalue weighted by molar-refractivity contribution is 7.92. The van der Waals surface area contributed by atoms with Crippen LogP contribution in [0.5, 0.6) is 0 Å². The van der Waals surface area contributed by atoms with E-state index in [4.69, 9.17) is 16.3 Å². The fourth-order valence-electron chi connectivity index (χ4n) is 2.72. The predicted octanol–water partition coefficient (Wildman–Crippen LogP) is 3.00. The van der Waals surface area contributed by atoms with Gasteiger partial charge in [-0.15, -0.1) is 0 Å². The third kappa shape index (κ3) is 4.17. The molecular formula is C18H19ClN2O4S. The van der Waals surface area contributed by atoms with E-state index >= 15 is 0 Å². The van der Waals surface area contributed by atoms with Crippen LogP contribution in [0.1, 0.15) is 17.3 Å². The number of carbonyl (C=O) groups excluding carboxylic acids is 1. The smallest absolute Gasteiger partial charge is 0.261 e. The number of halogens is 1. The number of rotatable bonds is 4. The summed E-state index contributed by atoms with van der Waals surface area (Å²) in [5.74, 6) is -0.0925. The molecule has 1 heterocycles. The molecule has 0 aromatic heterocycles. The fourth-order valence-corrected chi connectivity index (χ4v) is 4.08. The number of amides is 1. The minimum Gasteiger partial charge on any atom is -0.377 e. The van der Waals surface area contributed by atoms with Crippen LogP contribution in [0.25, 0.3) is 0 Å². The summed E-state index contributed by atoms with van der Waals surface area (Å²) < 4.78 is 32.6. The minimum absolute atomic E-state index is 0.0114. The second-order valence-corrected chi connectivity index (χ2v) is 8.18. The Kier molecular flexibility index (Phi) is 5.50. The Balaban J connectivity index is 1.74. The Hall–Kier alpha value is -2.09. The number of morpholine rings is 1. The van der Waals surface area contributed by atoms with Crippen molar-refractivity contribution in [3.05, 3.63) is 59.1 Å². The summed E-state index contributed by atoms with van der Waals surface area (Å²) in [7, 11) is -3.74. The molecule has 1 saturated heterocycles. The lowest BCUT2D eigenvalue weighted by atomic mass is 10.1. The molecule has 3 rings (SSSR count). The van der Waals surface area contributed by atoms with Gasteiger partial charge in [-0.2, -0.15) is 0 Å². The Labute approximate surface area is 157 Å². The molecule has 1 aliphatic heterocycles. The molecule has 138 valence electrons. The van der Waals surface area contributed by atoms with E-state index in [1.807, 2.05) is 6.92 Å². The average Bonchev–Trinajstić information content (AvgIpc) is 2.62. The molecule has 1 N–H and O–H groups in total. The van der Waals surface area contributed by atoms with Crippen LogP contribution in [-0.2, 0) is 14.8 Å². The molecule has 2 aromatic carbocycles. The summed E-state index contributed by atoms with van der Waals surface area (Å²) in [6.45, 7) is 3.52. The van der Waals surface area contributed by atoms with Crippen molar-refractivity contribution in [2.75, 3.05) is 24.5 Å². The molecule has 1 amide bonds. The van der Waals surface area contributed by atoms with Crippen molar-refractivity contribution in [2.24, 2.45) is 0 Å². The zero-order valence-electron chi connectivity index (χ0n) is 14.2. The van der Waals surface area contributed by atoms with E-state index in [0.717, 1.165) is 0 Å². The summed E-state index contributed by atoms with van der Waals surface area (Å²) in [4.78, 5) is 14.4. The van der Waals surface area contributed by atoms with Gasteiger partial charge in [-0.3, -0.25) is 9.52 Å². The zero-order chi connectivity index (χ0) is 18.7. The van der Waals surface area contributed by atoms with E-state index in [0.29, 0.717) is 36.0 Å². The van der Waals surface area contributed by atoms with Crippen LogP contribution in [0.15, 0.2) is 53.4 Å². The molecule has 1 aliphatic rings. The van der Waals surface area contributed by atoms with Crippen LogP contribution >= 0.6 is 11.6 Å². The molecule has 26 heavy (non-hydrogen) atoms. The molecule has 2 aromatic rings. The zero-order valence-corrected chi connectivity index (χ0v) is 15.8. The van der Waals surface area contributed by atoms with Gasteiger partial charge in [0.05, 0.1) is 24.2 Å². The van der Waals surface area contributed by atoms with Gasteiger partial charge >= 0.3 is 0 Å². The number of nitrogens with one attached hydrogen (secondary N) is 1. The van der Waals surface area contributed by atoms with Crippen molar-refractivity contribution < 1.29 is 17.9 Å². The fraction of sp³-hybridized carbons (Fsp3) is 0.278.